The van der Waals surface area contributed by atoms with Crippen molar-refractivity contribution in [3.8, 4) is 0 Å². The molecule has 0 saturated heterocycles. The van der Waals surface area contributed by atoms with Crippen LogP contribution in [0.1, 0.15) is 37.6 Å². The number of hydrogen-bond donors (Lipinski definition) is 1. The van der Waals surface area contributed by atoms with Crippen molar-refractivity contribution in [2.24, 2.45) is 5.92 Å². The molecule has 3 rings (SSSR count). The number of carbonyl (C=O) groups is 1. The Balaban J connectivity index is 1.82. The molecule has 0 bridgehead atoms. The van der Waals surface area contributed by atoms with Gasteiger partial charge in [0.25, 0.3) is 0 Å². The minimum absolute atomic E-state index is 0.0160. The van der Waals surface area contributed by atoms with Gasteiger partial charge in [-0.2, -0.15) is 0 Å². The summed E-state index contributed by atoms with van der Waals surface area (Å²) >= 11 is 0. The predicted molar refractivity (Wildman–Crippen MR) is 91.8 cm³/mol. The van der Waals surface area contributed by atoms with Crippen molar-refractivity contribution < 1.29 is 4.79 Å². The van der Waals surface area contributed by atoms with Gasteiger partial charge in [0.1, 0.15) is 0 Å². The number of amides is 1. The highest BCUT2D eigenvalue weighted by Crippen LogP contribution is 2.30. The number of nitrogens with one attached hydrogen (secondary N) is 1. The molecular weight excluding hydrogens is 286 g/mol. The molecule has 0 radical (unpaired) electrons. The van der Waals surface area contributed by atoms with E-state index >= 15 is 0 Å². The number of allylic oxidation sites excluding steroid dienone is 7. The molecule has 120 valence electrons. The molecule has 0 fully saturated rings. The third-order valence-electron chi connectivity index (χ3n) is 4.30. The maximum atomic E-state index is 12.9. The van der Waals surface area contributed by atoms with Crippen LogP contribution in [-0.2, 0) is 17.8 Å². The van der Waals surface area contributed by atoms with Crippen molar-refractivity contribution in [2.75, 3.05) is 0 Å². The van der Waals surface area contributed by atoms with Crippen molar-refractivity contribution in [3.05, 3.63) is 65.9 Å². The van der Waals surface area contributed by atoms with Gasteiger partial charge in [-0.05, 0) is 30.9 Å². The molecule has 4 heteroatoms. The first kappa shape index (κ1) is 15.5. The van der Waals surface area contributed by atoms with Gasteiger partial charge in [0.15, 0.2) is 0 Å². The molecule has 0 aromatic carbocycles. The minimum Gasteiger partial charge on any atom is -0.334 e. The Kier molecular flexibility index (Phi) is 4.60. The van der Waals surface area contributed by atoms with Gasteiger partial charge in [0, 0.05) is 17.9 Å². The van der Waals surface area contributed by atoms with Crippen LogP contribution in [0.15, 0.2) is 54.6 Å². The zero-order valence-electron chi connectivity index (χ0n) is 13.7. The molecule has 1 atom stereocenters. The number of hydrogen-bond acceptors (Lipinski definition) is 2. The van der Waals surface area contributed by atoms with E-state index in [9.17, 15) is 4.79 Å². The molecule has 2 heterocycles. The van der Waals surface area contributed by atoms with Gasteiger partial charge < -0.3 is 9.88 Å². The molecule has 1 aliphatic heterocycles. The van der Waals surface area contributed by atoms with E-state index in [1.165, 1.54) is 5.69 Å². The molecule has 1 aliphatic carbocycles. The SMILES string of the molecule is CC(C)[C@@H](C(=O)NC1=C/C=C\C=C/C=C1)c1ncn2c1CCC2. The lowest BCUT2D eigenvalue weighted by Crippen LogP contribution is -2.32. The molecule has 0 spiro atoms. The fraction of sp³-hybridized carbons (Fsp3) is 0.368. The summed E-state index contributed by atoms with van der Waals surface area (Å²) in [5.41, 5.74) is 2.97. The molecular formula is C19H23N3O. The summed E-state index contributed by atoms with van der Waals surface area (Å²) in [6.45, 7) is 5.17. The Hall–Kier alpha value is -2.36. The van der Waals surface area contributed by atoms with Gasteiger partial charge in [-0.3, -0.25) is 4.79 Å². The standard InChI is InChI=1S/C19H23N3O/c1-14(2)17(18-16-11-8-12-22(16)13-20-18)19(23)21-15-9-6-4-3-5-7-10-15/h3-7,9-10,13-14,17H,8,11-12H2,1-2H3,(H,21,23)/b4-3-,5-3?,6-4?,7-5-,9-6?,10-7?,15-9?,15-10?/t17-/m1/s1. The Bertz CT molecular complexity index is 704. The second kappa shape index (κ2) is 6.82. The Morgan fingerprint density at radius 3 is 2.83 bits per heavy atom. The van der Waals surface area contributed by atoms with Crippen LogP contribution in [0.3, 0.4) is 0 Å². The average molecular weight is 309 g/mol. The summed E-state index contributed by atoms with van der Waals surface area (Å²) in [4.78, 5) is 17.4. The number of carbonyl (C=O) groups excluding carboxylic acids is 1. The molecule has 0 unspecified atom stereocenters. The molecule has 2 aliphatic rings. The van der Waals surface area contributed by atoms with Crippen molar-refractivity contribution in [3.63, 3.8) is 0 Å². The van der Waals surface area contributed by atoms with Gasteiger partial charge in [-0.1, -0.05) is 44.2 Å². The lowest BCUT2D eigenvalue weighted by atomic mass is 9.89. The summed E-state index contributed by atoms with van der Waals surface area (Å²) in [7, 11) is 0. The molecule has 23 heavy (non-hydrogen) atoms. The summed E-state index contributed by atoms with van der Waals surface area (Å²) < 4.78 is 2.18. The fourth-order valence-corrected chi connectivity index (χ4v) is 3.18. The van der Waals surface area contributed by atoms with Gasteiger partial charge in [0.2, 0.25) is 5.91 Å². The summed E-state index contributed by atoms with van der Waals surface area (Å²) in [5.74, 6) is -0.00496. The van der Waals surface area contributed by atoms with E-state index in [-0.39, 0.29) is 17.7 Å². The molecule has 4 nitrogen and oxygen atoms in total. The minimum atomic E-state index is -0.219. The lowest BCUT2D eigenvalue weighted by molar-refractivity contribution is -0.122. The van der Waals surface area contributed by atoms with Crippen LogP contribution >= 0.6 is 0 Å². The van der Waals surface area contributed by atoms with E-state index in [1.54, 1.807) is 0 Å². The van der Waals surface area contributed by atoms with E-state index in [0.29, 0.717) is 0 Å². The number of aryl methyl sites for hydroxylation is 1. The molecule has 1 aromatic heterocycles. The third kappa shape index (κ3) is 3.36. The largest absolute Gasteiger partial charge is 0.334 e. The van der Waals surface area contributed by atoms with E-state index < -0.39 is 0 Å². The molecule has 1 amide bonds. The number of rotatable bonds is 4. The van der Waals surface area contributed by atoms with E-state index in [2.05, 4.69) is 28.7 Å². The van der Waals surface area contributed by atoms with Crippen molar-refractivity contribution in [1.82, 2.24) is 14.9 Å². The van der Waals surface area contributed by atoms with Crippen LogP contribution in [-0.4, -0.2) is 15.5 Å². The average Bonchev–Trinajstić information content (AvgIpc) is 3.06. The van der Waals surface area contributed by atoms with Crippen LogP contribution in [0, 0.1) is 5.92 Å². The number of fused-ring (bicyclic) bond motifs is 1. The first-order chi connectivity index (χ1) is 11.2. The first-order valence-electron chi connectivity index (χ1n) is 8.23. The number of aromatic nitrogens is 2. The van der Waals surface area contributed by atoms with Crippen molar-refractivity contribution in [2.45, 2.75) is 39.2 Å². The third-order valence-corrected chi connectivity index (χ3v) is 4.30. The Labute approximate surface area is 137 Å². The predicted octanol–water partition coefficient (Wildman–Crippen LogP) is 3.25. The topological polar surface area (TPSA) is 46.9 Å². The first-order valence-corrected chi connectivity index (χ1v) is 8.23. The molecule has 0 saturated carbocycles. The molecule has 1 N–H and O–H groups in total. The fourth-order valence-electron chi connectivity index (χ4n) is 3.18. The second-order valence-electron chi connectivity index (χ2n) is 6.34. The smallest absolute Gasteiger partial charge is 0.233 e. The molecule has 1 aromatic rings. The van der Waals surface area contributed by atoms with Crippen LogP contribution in [0.4, 0.5) is 0 Å². The highest BCUT2D eigenvalue weighted by Gasteiger charge is 2.31. The van der Waals surface area contributed by atoms with Crippen LogP contribution in [0.5, 0.6) is 0 Å². The van der Waals surface area contributed by atoms with E-state index in [1.807, 2.05) is 48.9 Å². The highest BCUT2D eigenvalue weighted by molar-refractivity contribution is 5.85. The monoisotopic (exact) mass is 309 g/mol. The van der Waals surface area contributed by atoms with E-state index in [4.69, 9.17) is 0 Å². The zero-order valence-corrected chi connectivity index (χ0v) is 13.7. The highest BCUT2D eigenvalue weighted by atomic mass is 16.1. The maximum absolute atomic E-state index is 12.9. The van der Waals surface area contributed by atoms with Crippen LogP contribution in [0.2, 0.25) is 0 Å². The van der Waals surface area contributed by atoms with Gasteiger partial charge in [-0.25, -0.2) is 4.98 Å². The van der Waals surface area contributed by atoms with Crippen molar-refractivity contribution >= 4 is 5.91 Å². The maximum Gasteiger partial charge on any atom is 0.233 e. The van der Waals surface area contributed by atoms with Gasteiger partial charge in [-0.15, -0.1) is 0 Å². The summed E-state index contributed by atoms with van der Waals surface area (Å²) in [5, 5.41) is 3.05. The Morgan fingerprint density at radius 1 is 1.22 bits per heavy atom. The summed E-state index contributed by atoms with van der Waals surface area (Å²) in [6.07, 6.45) is 17.5. The quantitative estimate of drug-likeness (QED) is 0.928. The van der Waals surface area contributed by atoms with Gasteiger partial charge in [0.05, 0.1) is 17.9 Å². The second-order valence-corrected chi connectivity index (χ2v) is 6.34. The normalized spacial score (nSPS) is 20.4. The number of nitrogens with zero attached hydrogens (tertiary/aromatic N) is 2. The van der Waals surface area contributed by atoms with Crippen molar-refractivity contribution in [1.29, 1.82) is 0 Å². The van der Waals surface area contributed by atoms with Crippen LogP contribution < -0.4 is 5.32 Å². The van der Waals surface area contributed by atoms with E-state index in [0.717, 1.165) is 30.8 Å². The van der Waals surface area contributed by atoms with Crippen LogP contribution in [0.25, 0.3) is 0 Å². The Morgan fingerprint density at radius 2 is 2.00 bits per heavy atom. The lowest BCUT2D eigenvalue weighted by Gasteiger charge is -2.20. The summed E-state index contributed by atoms with van der Waals surface area (Å²) in [6, 6.07) is 0. The van der Waals surface area contributed by atoms with Gasteiger partial charge >= 0.3 is 0 Å². The zero-order chi connectivity index (χ0) is 16.2. The number of imidazole rings is 1.